The third-order valence-electron chi connectivity index (χ3n) is 4.55. The molecule has 1 aromatic heterocycles. The zero-order valence-electron chi connectivity index (χ0n) is 12.6. The van der Waals surface area contributed by atoms with Crippen LogP contribution in [0.15, 0.2) is 18.2 Å². The fourth-order valence-electron chi connectivity index (χ4n) is 3.25. The maximum atomic E-state index is 12.5. The largest absolute Gasteiger partial charge is 0.397 e. The Morgan fingerprint density at radius 3 is 2.81 bits per heavy atom. The van der Waals surface area contributed by atoms with Gasteiger partial charge in [0.2, 0.25) is 0 Å². The van der Waals surface area contributed by atoms with Gasteiger partial charge in [0, 0.05) is 16.1 Å². The molecule has 3 nitrogen and oxygen atoms in total. The van der Waals surface area contributed by atoms with Crippen molar-refractivity contribution >= 4 is 33.0 Å². The van der Waals surface area contributed by atoms with E-state index in [1.165, 1.54) is 42.6 Å². The minimum Gasteiger partial charge on any atom is -0.397 e. The Kier molecular flexibility index (Phi) is 3.89. The van der Waals surface area contributed by atoms with Gasteiger partial charge in [-0.1, -0.05) is 24.5 Å². The number of nitrogens with two attached hydrogens (primary N) is 1. The summed E-state index contributed by atoms with van der Waals surface area (Å²) in [7, 11) is 0. The number of carbonyl (C=O) groups is 1. The van der Waals surface area contributed by atoms with Gasteiger partial charge < -0.3 is 11.1 Å². The molecule has 1 aliphatic rings. The molecular formula is C17H22N2OS. The van der Waals surface area contributed by atoms with Gasteiger partial charge in [0.1, 0.15) is 4.88 Å². The van der Waals surface area contributed by atoms with Crippen molar-refractivity contribution in [2.75, 3.05) is 5.73 Å². The lowest BCUT2D eigenvalue weighted by Crippen LogP contribution is -2.37. The molecule has 0 saturated heterocycles. The van der Waals surface area contributed by atoms with Crippen molar-refractivity contribution in [3.8, 4) is 0 Å². The maximum absolute atomic E-state index is 12.5. The number of aryl methyl sites for hydroxylation is 1. The average Bonchev–Trinajstić information content (AvgIpc) is 3.08. The zero-order valence-corrected chi connectivity index (χ0v) is 13.4. The number of nitrogens with one attached hydrogen (secondary N) is 1. The third kappa shape index (κ3) is 2.77. The van der Waals surface area contributed by atoms with E-state index in [1.54, 1.807) is 0 Å². The lowest BCUT2D eigenvalue weighted by Gasteiger charge is -2.20. The van der Waals surface area contributed by atoms with E-state index >= 15 is 0 Å². The molecule has 1 aromatic carbocycles. The summed E-state index contributed by atoms with van der Waals surface area (Å²) in [6.07, 6.45) is 5.02. The van der Waals surface area contributed by atoms with Gasteiger partial charge in [-0.05, 0) is 44.7 Å². The van der Waals surface area contributed by atoms with E-state index in [9.17, 15) is 4.79 Å². The first-order chi connectivity index (χ1) is 10.1. The molecule has 0 radical (unpaired) electrons. The summed E-state index contributed by atoms with van der Waals surface area (Å²) in [5, 5.41) is 4.14. The first kappa shape index (κ1) is 14.4. The van der Waals surface area contributed by atoms with Crippen molar-refractivity contribution in [3.05, 3.63) is 28.6 Å². The third-order valence-corrected chi connectivity index (χ3v) is 5.74. The summed E-state index contributed by atoms with van der Waals surface area (Å²) >= 11 is 1.49. The Balaban J connectivity index is 1.82. The molecule has 1 heterocycles. The first-order valence-electron chi connectivity index (χ1n) is 7.65. The minimum atomic E-state index is -0.0225. The molecule has 1 unspecified atom stereocenters. The van der Waals surface area contributed by atoms with Crippen LogP contribution in [0, 0.1) is 12.8 Å². The Morgan fingerprint density at radius 1 is 1.38 bits per heavy atom. The van der Waals surface area contributed by atoms with Gasteiger partial charge in [-0.2, -0.15) is 0 Å². The summed E-state index contributed by atoms with van der Waals surface area (Å²) in [4.78, 5) is 13.2. The number of fused-ring (bicyclic) bond motifs is 1. The highest BCUT2D eigenvalue weighted by atomic mass is 32.1. The maximum Gasteiger partial charge on any atom is 0.263 e. The van der Waals surface area contributed by atoms with Crippen LogP contribution in [-0.4, -0.2) is 11.9 Å². The summed E-state index contributed by atoms with van der Waals surface area (Å²) in [5.41, 5.74) is 7.97. The number of nitrogen functional groups attached to an aromatic ring is 1. The molecule has 1 atom stereocenters. The van der Waals surface area contributed by atoms with Gasteiger partial charge in [-0.15, -0.1) is 11.3 Å². The molecule has 2 aromatic rings. The van der Waals surface area contributed by atoms with Gasteiger partial charge in [-0.3, -0.25) is 4.79 Å². The molecule has 0 bridgehead atoms. The van der Waals surface area contributed by atoms with Gasteiger partial charge in [-0.25, -0.2) is 0 Å². The van der Waals surface area contributed by atoms with Crippen LogP contribution in [0.25, 0.3) is 10.1 Å². The van der Waals surface area contributed by atoms with E-state index in [1.807, 2.05) is 13.0 Å². The molecule has 1 aliphatic carbocycles. The van der Waals surface area contributed by atoms with Gasteiger partial charge in [0.25, 0.3) is 5.91 Å². The van der Waals surface area contributed by atoms with Crippen LogP contribution >= 0.6 is 11.3 Å². The lowest BCUT2D eigenvalue weighted by molar-refractivity contribution is 0.0932. The molecule has 21 heavy (non-hydrogen) atoms. The number of carbonyl (C=O) groups excluding carboxylic acids is 1. The highest BCUT2D eigenvalue weighted by Crippen LogP contribution is 2.34. The molecule has 1 amide bonds. The Labute approximate surface area is 129 Å². The molecular weight excluding hydrogens is 280 g/mol. The van der Waals surface area contributed by atoms with Crippen molar-refractivity contribution in [2.24, 2.45) is 5.92 Å². The van der Waals surface area contributed by atoms with E-state index in [2.05, 4.69) is 24.4 Å². The SMILES string of the molecule is Cc1ccc2sc(C(=O)NC(C)C3CCCC3)c(N)c2c1. The zero-order chi connectivity index (χ0) is 15.0. The Morgan fingerprint density at radius 2 is 2.10 bits per heavy atom. The number of hydrogen-bond acceptors (Lipinski definition) is 3. The lowest BCUT2D eigenvalue weighted by atomic mass is 10.00. The van der Waals surface area contributed by atoms with E-state index in [0.29, 0.717) is 16.5 Å². The van der Waals surface area contributed by atoms with Crippen molar-refractivity contribution < 1.29 is 4.79 Å². The number of rotatable bonds is 3. The Bertz CT molecular complexity index is 671. The smallest absolute Gasteiger partial charge is 0.263 e. The quantitative estimate of drug-likeness (QED) is 0.897. The van der Waals surface area contributed by atoms with Crippen LogP contribution in [0.1, 0.15) is 47.8 Å². The van der Waals surface area contributed by atoms with E-state index in [-0.39, 0.29) is 11.9 Å². The van der Waals surface area contributed by atoms with Crippen LogP contribution in [0.4, 0.5) is 5.69 Å². The van der Waals surface area contributed by atoms with Crippen molar-refractivity contribution in [1.82, 2.24) is 5.32 Å². The molecule has 3 N–H and O–H groups in total. The second kappa shape index (κ2) is 5.68. The molecule has 1 fully saturated rings. The van der Waals surface area contributed by atoms with E-state index < -0.39 is 0 Å². The summed E-state index contributed by atoms with van der Waals surface area (Å²) in [6.45, 7) is 4.15. The summed E-state index contributed by atoms with van der Waals surface area (Å²) in [6, 6.07) is 6.38. The summed E-state index contributed by atoms with van der Waals surface area (Å²) in [5.74, 6) is 0.595. The number of amides is 1. The highest BCUT2D eigenvalue weighted by molar-refractivity contribution is 7.21. The Hall–Kier alpha value is -1.55. The topological polar surface area (TPSA) is 55.1 Å². The fourth-order valence-corrected chi connectivity index (χ4v) is 4.25. The van der Waals surface area contributed by atoms with Crippen LogP contribution in [0.2, 0.25) is 0 Å². The predicted molar refractivity (Wildman–Crippen MR) is 89.9 cm³/mol. The first-order valence-corrected chi connectivity index (χ1v) is 8.47. The molecule has 1 saturated carbocycles. The van der Waals surface area contributed by atoms with Crippen molar-refractivity contribution in [3.63, 3.8) is 0 Å². The second-order valence-electron chi connectivity index (χ2n) is 6.15. The van der Waals surface area contributed by atoms with Crippen molar-refractivity contribution in [2.45, 2.75) is 45.6 Å². The predicted octanol–water partition coefficient (Wildman–Crippen LogP) is 4.10. The molecule has 4 heteroatoms. The fraction of sp³-hybridized carbons (Fsp3) is 0.471. The van der Waals surface area contributed by atoms with Crippen molar-refractivity contribution in [1.29, 1.82) is 0 Å². The standard InChI is InChI=1S/C17H22N2OS/c1-10-7-8-14-13(9-10)15(18)16(21-14)17(20)19-11(2)12-5-3-4-6-12/h7-9,11-12H,3-6,18H2,1-2H3,(H,19,20). The average molecular weight is 302 g/mol. The number of anilines is 1. The van der Waals surface area contributed by atoms with Crippen LogP contribution in [-0.2, 0) is 0 Å². The molecule has 0 aliphatic heterocycles. The summed E-state index contributed by atoms with van der Waals surface area (Å²) < 4.78 is 1.08. The monoisotopic (exact) mass is 302 g/mol. The van der Waals surface area contributed by atoms with Crippen LogP contribution in [0.5, 0.6) is 0 Å². The molecule has 0 spiro atoms. The van der Waals surface area contributed by atoms with E-state index in [0.717, 1.165) is 10.1 Å². The minimum absolute atomic E-state index is 0.0225. The molecule has 112 valence electrons. The van der Waals surface area contributed by atoms with Gasteiger partial charge in [0.05, 0.1) is 5.69 Å². The number of hydrogen-bond donors (Lipinski definition) is 2. The van der Waals surface area contributed by atoms with Crippen LogP contribution < -0.4 is 11.1 Å². The van der Waals surface area contributed by atoms with E-state index in [4.69, 9.17) is 5.73 Å². The number of benzene rings is 1. The number of thiophene rings is 1. The normalized spacial score (nSPS) is 17.2. The second-order valence-corrected chi connectivity index (χ2v) is 7.20. The highest BCUT2D eigenvalue weighted by Gasteiger charge is 2.24. The van der Waals surface area contributed by atoms with Crippen LogP contribution in [0.3, 0.4) is 0 Å². The molecule has 3 rings (SSSR count). The van der Waals surface area contributed by atoms with Gasteiger partial charge in [0.15, 0.2) is 0 Å². The van der Waals surface area contributed by atoms with Gasteiger partial charge >= 0.3 is 0 Å².